The van der Waals surface area contributed by atoms with E-state index >= 15 is 0 Å². The van der Waals surface area contributed by atoms with Gasteiger partial charge in [0.25, 0.3) is 5.91 Å². The highest BCUT2D eigenvalue weighted by molar-refractivity contribution is 7.13. The number of rotatable bonds is 4. The first-order valence-electron chi connectivity index (χ1n) is 8.42. The average Bonchev–Trinajstić information content (AvgIpc) is 3.19. The van der Waals surface area contributed by atoms with E-state index in [0.717, 1.165) is 32.9 Å². The van der Waals surface area contributed by atoms with Crippen molar-refractivity contribution < 1.29 is 4.79 Å². The number of hydrazine groups is 1. The fourth-order valence-corrected chi connectivity index (χ4v) is 3.56. The van der Waals surface area contributed by atoms with Crippen LogP contribution in [-0.2, 0) is 0 Å². The Morgan fingerprint density at radius 1 is 0.963 bits per heavy atom. The van der Waals surface area contributed by atoms with Crippen LogP contribution in [0.15, 0.2) is 53.9 Å². The molecular formula is C20H17N5OS. The van der Waals surface area contributed by atoms with Crippen LogP contribution in [0.3, 0.4) is 0 Å². The molecule has 6 nitrogen and oxygen atoms in total. The molecule has 4 aromatic rings. The lowest BCUT2D eigenvalue weighted by atomic mass is 10.1. The number of benzene rings is 1. The monoisotopic (exact) mass is 375 g/mol. The minimum Gasteiger partial charge on any atom is -0.267 e. The normalized spacial score (nSPS) is 10.7. The molecule has 4 rings (SSSR count). The second kappa shape index (κ2) is 7.13. The third-order valence-corrected chi connectivity index (χ3v) is 4.90. The lowest BCUT2D eigenvalue weighted by molar-refractivity contribution is 0.0964. The molecule has 7 heteroatoms. The molecule has 0 unspecified atom stereocenters. The lowest BCUT2D eigenvalue weighted by Gasteiger charge is -2.11. The minimum absolute atomic E-state index is 0.269. The SMILES string of the molecule is Cc1cc(C)nc(NNC(=O)c2cc(-c3cccs3)nc3ccccc23)n1. The number of aromatic nitrogens is 3. The molecule has 2 N–H and O–H groups in total. The quantitative estimate of drug-likeness (QED) is 0.524. The predicted molar refractivity (Wildman–Crippen MR) is 108 cm³/mol. The van der Waals surface area contributed by atoms with E-state index in [0.29, 0.717) is 11.5 Å². The number of aryl methyl sites for hydroxylation is 2. The highest BCUT2D eigenvalue weighted by Gasteiger charge is 2.14. The van der Waals surface area contributed by atoms with Crippen LogP contribution < -0.4 is 10.9 Å². The van der Waals surface area contributed by atoms with Gasteiger partial charge in [0.2, 0.25) is 5.95 Å². The summed E-state index contributed by atoms with van der Waals surface area (Å²) in [5.41, 5.74) is 9.25. The molecule has 0 saturated carbocycles. The van der Waals surface area contributed by atoms with Crippen LogP contribution in [0.1, 0.15) is 21.7 Å². The van der Waals surface area contributed by atoms with Crippen LogP contribution in [0.25, 0.3) is 21.5 Å². The largest absolute Gasteiger partial charge is 0.270 e. The third kappa shape index (κ3) is 3.63. The van der Waals surface area contributed by atoms with Crippen molar-refractivity contribution in [3.8, 4) is 10.6 Å². The van der Waals surface area contributed by atoms with Gasteiger partial charge in [-0.25, -0.2) is 15.0 Å². The van der Waals surface area contributed by atoms with Gasteiger partial charge < -0.3 is 0 Å². The number of hydrogen-bond acceptors (Lipinski definition) is 6. The maximum Gasteiger partial charge on any atom is 0.270 e. The number of carbonyl (C=O) groups excluding carboxylic acids is 1. The molecular weight excluding hydrogens is 358 g/mol. The molecule has 0 aliphatic carbocycles. The number of fused-ring (bicyclic) bond motifs is 1. The standard InChI is InChI=1S/C20H17N5OS/c1-12-10-13(2)22-20(21-12)25-24-19(26)15-11-17(18-8-5-9-27-18)23-16-7-4-3-6-14(15)16/h3-11H,1-2H3,(H,24,26)(H,21,22,25). The summed E-state index contributed by atoms with van der Waals surface area (Å²) >= 11 is 1.59. The Labute approximate surface area is 160 Å². The Bertz CT molecular complexity index is 1100. The van der Waals surface area contributed by atoms with Gasteiger partial charge in [-0.1, -0.05) is 24.3 Å². The van der Waals surface area contributed by atoms with Gasteiger partial charge in [-0.05, 0) is 43.5 Å². The molecule has 27 heavy (non-hydrogen) atoms. The number of thiophene rings is 1. The molecule has 0 atom stereocenters. The van der Waals surface area contributed by atoms with E-state index in [1.165, 1.54) is 0 Å². The number of para-hydroxylation sites is 1. The molecule has 1 amide bonds. The second-order valence-corrected chi connectivity index (χ2v) is 7.05. The fourth-order valence-electron chi connectivity index (χ4n) is 2.88. The van der Waals surface area contributed by atoms with E-state index in [9.17, 15) is 4.79 Å². The van der Waals surface area contributed by atoms with E-state index in [-0.39, 0.29) is 5.91 Å². The maximum absolute atomic E-state index is 12.9. The molecule has 0 saturated heterocycles. The summed E-state index contributed by atoms with van der Waals surface area (Å²) < 4.78 is 0. The van der Waals surface area contributed by atoms with Crippen LogP contribution in [0.4, 0.5) is 5.95 Å². The molecule has 0 radical (unpaired) electrons. The van der Waals surface area contributed by atoms with Gasteiger partial charge in [-0.3, -0.25) is 15.6 Å². The Kier molecular flexibility index (Phi) is 4.52. The number of carbonyl (C=O) groups is 1. The van der Waals surface area contributed by atoms with Gasteiger partial charge >= 0.3 is 0 Å². The number of anilines is 1. The third-order valence-electron chi connectivity index (χ3n) is 4.00. The van der Waals surface area contributed by atoms with Crippen molar-refractivity contribution in [1.29, 1.82) is 0 Å². The summed E-state index contributed by atoms with van der Waals surface area (Å²) in [5.74, 6) is 0.0897. The summed E-state index contributed by atoms with van der Waals surface area (Å²) in [6.07, 6.45) is 0. The minimum atomic E-state index is -0.269. The molecule has 1 aromatic carbocycles. The van der Waals surface area contributed by atoms with Crippen molar-refractivity contribution in [3.63, 3.8) is 0 Å². The summed E-state index contributed by atoms with van der Waals surface area (Å²) in [7, 11) is 0. The first-order chi connectivity index (χ1) is 13.1. The van der Waals surface area contributed by atoms with Crippen LogP contribution >= 0.6 is 11.3 Å². The van der Waals surface area contributed by atoms with E-state index in [1.807, 2.05) is 67.8 Å². The van der Waals surface area contributed by atoms with Gasteiger partial charge in [-0.2, -0.15) is 0 Å². The van der Waals surface area contributed by atoms with Gasteiger partial charge in [0.05, 0.1) is 21.7 Å². The number of hydrogen-bond donors (Lipinski definition) is 2. The predicted octanol–water partition coefficient (Wildman–Crippen LogP) is 4.13. The lowest BCUT2D eigenvalue weighted by Crippen LogP contribution is -2.30. The van der Waals surface area contributed by atoms with Gasteiger partial charge in [0.15, 0.2) is 0 Å². The highest BCUT2D eigenvalue weighted by Crippen LogP contribution is 2.27. The number of nitrogens with one attached hydrogen (secondary N) is 2. The Morgan fingerprint density at radius 2 is 1.74 bits per heavy atom. The van der Waals surface area contributed by atoms with E-state index in [4.69, 9.17) is 0 Å². The zero-order chi connectivity index (χ0) is 18.8. The van der Waals surface area contributed by atoms with Crippen LogP contribution in [0.5, 0.6) is 0 Å². The molecule has 0 fully saturated rings. The van der Waals surface area contributed by atoms with Gasteiger partial charge in [0, 0.05) is 16.8 Å². The summed E-state index contributed by atoms with van der Waals surface area (Å²) in [5, 5.41) is 2.78. The van der Waals surface area contributed by atoms with Crippen LogP contribution in [0.2, 0.25) is 0 Å². The van der Waals surface area contributed by atoms with Crippen molar-refractivity contribution in [1.82, 2.24) is 20.4 Å². The van der Waals surface area contributed by atoms with Gasteiger partial charge in [0.1, 0.15) is 0 Å². The molecule has 0 aliphatic heterocycles. The zero-order valence-electron chi connectivity index (χ0n) is 14.9. The van der Waals surface area contributed by atoms with Crippen molar-refractivity contribution in [3.05, 3.63) is 70.9 Å². The number of amides is 1. The molecule has 134 valence electrons. The second-order valence-electron chi connectivity index (χ2n) is 6.10. The zero-order valence-corrected chi connectivity index (χ0v) is 15.7. The van der Waals surface area contributed by atoms with Gasteiger partial charge in [-0.15, -0.1) is 11.3 Å². The Morgan fingerprint density at radius 3 is 2.48 bits per heavy atom. The van der Waals surface area contributed by atoms with Crippen molar-refractivity contribution >= 4 is 34.1 Å². The van der Waals surface area contributed by atoms with Crippen molar-refractivity contribution in [2.75, 3.05) is 5.43 Å². The molecule has 0 aliphatic rings. The maximum atomic E-state index is 12.9. The summed E-state index contributed by atoms with van der Waals surface area (Å²) in [6, 6.07) is 15.3. The fraction of sp³-hybridized carbons (Fsp3) is 0.100. The average molecular weight is 375 g/mol. The molecule has 3 aromatic heterocycles. The van der Waals surface area contributed by atoms with E-state index in [2.05, 4.69) is 25.8 Å². The Balaban J connectivity index is 1.68. The number of pyridine rings is 1. The first-order valence-corrected chi connectivity index (χ1v) is 9.30. The first kappa shape index (κ1) is 17.1. The summed E-state index contributed by atoms with van der Waals surface area (Å²) in [6.45, 7) is 3.76. The van der Waals surface area contributed by atoms with Crippen LogP contribution in [0, 0.1) is 13.8 Å². The highest BCUT2D eigenvalue weighted by atomic mass is 32.1. The molecule has 0 bridgehead atoms. The molecule has 0 spiro atoms. The van der Waals surface area contributed by atoms with E-state index < -0.39 is 0 Å². The molecule has 3 heterocycles. The summed E-state index contributed by atoms with van der Waals surface area (Å²) in [4.78, 5) is 27.1. The number of nitrogens with zero attached hydrogens (tertiary/aromatic N) is 3. The van der Waals surface area contributed by atoms with E-state index in [1.54, 1.807) is 11.3 Å². The smallest absolute Gasteiger partial charge is 0.267 e. The van der Waals surface area contributed by atoms with Crippen molar-refractivity contribution in [2.24, 2.45) is 0 Å². The Hall–Kier alpha value is -3.32. The van der Waals surface area contributed by atoms with Crippen molar-refractivity contribution in [2.45, 2.75) is 13.8 Å². The topological polar surface area (TPSA) is 79.8 Å². The van der Waals surface area contributed by atoms with Crippen LogP contribution in [-0.4, -0.2) is 20.9 Å².